The molecule has 5 nitrogen and oxygen atoms in total. The van der Waals surface area contributed by atoms with Gasteiger partial charge in [-0.05, 0) is 6.92 Å². The third-order valence-electron chi connectivity index (χ3n) is 1.67. The molecule has 0 rings (SSSR count). The van der Waals surface area contributed by atoms with E-state index >= 15 is 0 Å². The minimum atomic E-state index is -0.533. The monoisotopic (exact) mass is 189 g/mol. The molecule has 76 valence electrons. The molecule has 0 aromatic carbocycles. The van der Waals surface area contributed by atoms with Crippen LogP contribution in [0.2, 0.25) is 0 Å². The fourth-order valence-electron chi connectivity index (χ4n) is 0.747. The normalized spacial score (nSPS) is 12.0. The molecule has 0 spiro atoms. The van der Waals surface area contributed by atoms with Crippen molar-refractivity contribution in [3.8, 4) is 0 Å². The number of amides is 1. The van der Waals surface area contributed by atoms with Gasteiger partial charge in [0.2, 0.25) is 0 Å². The highest BCUT2D eigenvalue weighted by molar-refractivity contribution is 5.84. The zero-order valence-electron chi connectivity index (χ0n) is 8.36. The van der Waals surface area contributed by atoms with Crippen molar-refractivity contribution in [3.05, 3.63) is 0 Å². The summed E-state index contributed by atoms with van der Waals surface area (Å²) in [6, 6.07) is 0. The molecule has 0 bridgehead atoms. The van der Waals surface area contributed by atoms with Crippen LogP contribution in [0.4, 0.5) is 0 Å². The van der Waals surface area contributed by atoms with Gasteiger partial charge in [0.15, 0.2) is 0 Å². The van der Waals surface area contributed by atoms with Crippen LogP contribution in [0.5, 0.6) is 0 Å². The van der Waals surface area contributed by atoms with E-state index in [-0.39, 0.29) is 12.5 Å². The number of likely N-dealkylation sites (N-methyl/N-ethyl adjacent to an activating group) is 1. The second kappa shape index (κ2) is 5.53. The summed E-state index contributed by atoms with van der Waals surface area (Å²) in [4.78, 5) is 23.4. The first kappa shape index (κ1) is 11.9. The van der Waals surface area contributed by atoms with E-state index in [2.05, 4.69) is 4.74 Å². The van der Waals surface area contributed by atoms with Crippen molar-refractivity contribution >= 4 is 11.9 Å². The van der Waals surface area contributed by atoms with Gasteiger partial charge < -0.3 is 14.4 Å². The third-order valence-corrected chi connectivity index (χ3v) is 1.67. The fraction of sp³-hybridized carbons (Fsp3) is 0.750. The number of esters is 1. The molecule has 0 N–H and O–H groups in total. The van der Waals surface area contributed by atoms with Gasteiger partial charge >= 0.3 is 5.97 Å². The van der Waals surface area contributed by atoms with Crippen molar-refractivity contribution in [1.82, 2.24) is 4.90 Å². The molecule has 1 atom stereocenters. The van der Waals surface area contributed by atoms with E-state index in [1.165, 1.54) is 26.2 Å². The van der Waals surface area contributed by atoms with Crippen LogP contribution in [0, 0.1) is 0 Å². The standard InChI is InChI=1S/C8H15NO4/c1-6(12-3)8(11)9(2)5-7(10)13-4/h6H,5H2,1-4H3. The van der Waals surface area contributed by atoms with Gasteiger partial charge in [-0.15, -0.1) is 0 Å². The SMILES string of the molecule is COC(=O)CN(C)C(=O)C(C)OC. The molecule has 0 aliphatic heterocycles. The van der Waals surface area contributed by atoms with Gasteiger partial charge in [0, 0.05) is 14.2 Å². The third kappa shape index (κ3) is 3.89. The van der Waals surface area contributed by atoms with Gasteiger partial charge in [0.1, 0.15) is 12.6 Å². The van der Waals surface area contributed by atoms with E-state index < -0.39 is 12.1 Å². The number of hydrogen-bond donors (Lipinski definition) is 0. The molecule has 0 aromatic rings. The number of carbonyl (C=O) groups excluding carboxylic acids is 2. The van der Waals surface area contributed by atoms with Crippen molar-refractivity contribution in [2.45, 2.75) is 13.0 Å². The quantitative estimate of drug-likeness (QED) is 0.567. The predicted octanol–water partition coefficient (Wildman–Crippen LogP) is -0.347. The largest absolute Gasteiger partial charge is 0.468 e. The zero-order valence-corrected chi connectivity index (χ0v) is 8.36. The lowest BCUT2D eigenvalue weighted by atomic mass is 10.3. The molecule has 0 radical (unpaired) electrons. The molecule has 1 amide bonds. The summed E-state index contributed by atoms with van der Waals surface area (Å²) in [6.07, 6.45) is -0.533. The maximum atomic E-state index is 11.3. The molecule has 0 aromatic heterocycles. The number of ether oxygens (including phenoxy) is 2. The van der Waals surface area contributed by atoms with Crippen LogP contribution in [0.1, 0.15) is 6.92 Å². The van der Waals surface area contributed by atoms with Crippen LogP contribution in [0.25, 0.3) is 0 Å². The topological polar surface area (TPSA) is 55.8 Å². The lowest BCUT2D eigenvalue weighted by Gasteiger charge is -2.18. The summed E-state index contributed by atoms with van der Waals surface area (Å²) in [5, 5.41) is 0. The average molecular weight is 189 g/mol. The van der Waals surface area contributed by atoms with E-state index in [9.17, 15) is 9.59 Å². The Labute approximate surface area is 77.6 Å². The van der Waals surface area contributed by atoms with Gasteiger partial charge in [0.05, 0.1) is 7.11 Å². The summed E-state index contributed by atoms with van der Waals surface area (Å²) >= 11 is 0. The smallest absolute Gasteiger partial charge is 0.325 e. The highest BCUT2D eigenvalue weighted by Crippen LogP contribution is 1.95. The van der Waals surface area contributed by atoms with E-state index in [0.29, 0.717) is 0 Å². The highest BCUT2D eigenvalue weighted by atomic mass is 16.5. The Morgan fingerprint density at radius 1 is 1.38 bits per heavy atom. The van der Waals surface area contributed by atoms with Crippen LogP contribution >= 0.6 is 0 Å². The van der Waals surface area contributed by atoms with Crippen LogP contribution in [0.3, 0.4) is 0 Å². The summed E-state index contributed by atoms with van der Waals surface area (Å²) in [5.74, 6) is -0.688. The van der Waals surface area contributed by atoms with E-state index in [1.54, 1.807) is 6.92 Å². The van der Waals surface area contributed by atoms with Crippen molar-refractivity contribution in [3.63, 3.8) is 0 Å². The minimum absolute atomic E-state index is 0.0525. The summed E-state index contributed by atoms with van der Waals surface area (Å²) in [6.45, 7) is 1.57. The molecule has 0 saturated carbocycles. The second-order valence-corrected chi connectivity index (χ2v) is 2.65. The van der Waals surface area contributed by atoms with Crippen LogP contribution in [0.15, 0.2) is 0 Å². The first-order valence-corrected chi connectivity index (χ1v) is 3.87. The van der Waals surface area contributed by atoms with E-state index in [1.807, 2.05) is 0 Å². The average Bonchev–Trinajstić information content (AvgIpc) is 2.14. The van der Waals surface area contributed by atoms with E-state index in [4.69, 9.17) is 4.74 Å². The number of rotatable bonds is 4. The van der Waals surface area contributed by atoms with Crippen LogP contribution < -0.4 is 0 Å². The Morgan fingerprint density at radius 2 is 1.92 bits per heavy atom. The lowest BCUT2D eigenvalue weighted by molar-refractivity contribution is -0.149. The number of hydrogen-bond acceptors (Lipinski definition) is 4. The van der Waals surface area contributed by atoms with Gasteiger partial charge in [0.25, 0.3) is 5.91 Å². The molecule has 0 aliphatic rings. The summed E-state index contributed by atoms with van der Waals surface area (Å²) < 4.78 is 9.22. The van der Waals surface area contributed by atoms with Crippen LogP contribution in [-0.2, 0) is 19.1 Å². The molecule has 0 heterocycles. The van der Waals surface area contributed by atoms with Gasteiger partial charge in [-0.2, -0.15) is 0 Å². The van der Waals surface area contributed by atoms with Gasteiger partial charge in [-0.3, -0.25) is 9.59 Å². The molecule has 0 fully saturated rings. The van der Waals surface area contributed by atoms with Crippen molar-refractivity contribution in [2.24, 2.45) is 0 Å². The summed E-state index contributed by atoms with van der Waals surface area (Å²) in [5.41, 5.74) is 0. The van der Waals surface area contributed by atoms with Gasteiger partial charge in [-0.25, -0.2) is 0 Å². The Morgan fingerprint density at radius 3 is 2.31 bits per heavy atom. The molecule has 1 unspecified atom stereocenters. The van der Waals surface area contributed by atoms with Crippen LogP contribution in [-0.4, -0.2) is 50.7 Å². The number of methoxy groups -OCH3 is 2. The maximum absolute atomic E-state index is 11.3. The number of nitrogens with zero attached hydrogens (tertiary/aromatic N) is 1. The highest BCUT2D eigenvalue weighted by Gasteiger charge is 2.18. The van der Waals surface area contributed by atoms with Crippen molar-refractivity contribution in [2.75, 3.05) is 27.8 Å². The molecule has 5 heteroatoms. The van der Waals surface area contributed by atoms with Gasteiger partial charge in [-0.1, -0.05) is 0 Å². The molecule has 13 heavy (non-hydrogen) atoms. The summed E-state index contributed by atoms with van der Waals surface area (Å²) in [7, 11) is 4.24. The molecule has 0 saturated heterocycles. The van der Waals surface area contributed by atoms with Crippen molar-refractivity contribution in [1.29, 1.82) is 0 Å². The van der Waals surface area contributed by atoms with Crippen molar-refractivity contribution < 1.29 is 19.1 Å². The Balaban J connectivity index is 4.03. The van der Waals surface area contributed by atoms with E-state index in [0.717, 1.165) is 0 Å². The zero-order chi connectivity index (χ0) is 10.4. The Kier molecular flexibility index (Phi) is 5.06. The first-order valence-electron chi connectivity index (χ1n) is 3.87. The number of carbonyl (C=O) groups is 2. The lowest BCUT2D eigenvalue weighted by Crippen LogP contribution is -2.39. The second-order valence-electron chi connectivity index (χ2n) is 2.65. The maximum Gasteiger partial charge on any atom is 0.325 e. The first-order chi connectivity index (χ1) is 6.02. The fourth-order valence-corrected chi connectivity index (χ4v) is 0.747. The minimum Gasteiger partial charge on any atom is -0.468 e. The molecular formula is C8H15NO4. The molecular weight excluding hydrogens is 174 g/mol. The predicted molar refractivity (Wildman–Crippen MR) is 46.1 cm³/mol. The Bertz CT molecular complexity index is 193. The Hall–Kier alpha value is -1.10. The molecule has 0 aliphatic carbocycles.